The van der Waals surface area contributed by atoms with Gasteiger partial charge in [0.1, 0.15) is 11.6 Å². The van der Waals surface area contributed by atoms with E-state index < -0.39 is 0 Å². The molecule has 0 aliphatic heterocycles. The second-order valence-electron chi connectivity index (χ2n) is 4.99. The summed E-state index contributed by atoms with van der Waals surface area (Å²) in [5.41, 5.74) is 0.630. The van der Waals surface area contributed by atoms with Gasteiger partial charge in [-0.25, -0.2) is 4.39 Å². The predicted octanol–water partition coefficient (Wildman–Crippen LogP) is 3.37. The first-order valence-electron chi connectivity index (χ1n) is 6.36. The largest absolute Gasteiger partial charge is 0.508 e. The van der Waals surface area contributed by atoms with E-state index in [-0.39, 0.29) is 17.6 Å². The highest BCUT2D eigenvalue weighted by Crippen LogP contribution is 2.36. The molecule has 0 aromatic heterocycles. The molecule has 1 aromatic carbocycles. The van der Waals surface area contributed by atoms with Crippen LogP contribution in [-0.2, 0) is 0 Å². The minimum absolute atomic E-state index is 0.00227. The van der Waals surface area contributed by atoms with Gasteiger partial charge in [0.25, 0.3) is 0 Å². The number of rotatable bonds is 5. The van der Waals surface area contributed by atoms with Crippen LogP contribution < -0.4 is 5.32 Å². The topological polar surface area (TPSA) is 32.3 Å². The van der Waals surface area contributed by atoms with Gasteiger partial charge in [0.2, 0.25) is 0 Å². The summed E-state index contributed by atoms with van der Waals surface area (Å²) in [6.07, 6.45) is 3.67. The third-order valence-corrected chi connectivity index (χ3v) is 3.50. The summed E-state index contributed by atoms with van der Waals surface area (Å²) in [5, 5.41) is 12.6. The first-order chi connectivity index (χ1) is 8.11. The van der Waals surface area contributed by atoms with E-state index in [0.29, 0.717) is 11.6 Å². The molecule has 0 bridgehead atoms. The second kappa shape index (κ2) is 5.05. The lowest BCUT2D eigenvalue weighted by Gasteiger charge is -2.15. The van der Waals surface area contributed by atoms with Crippen LogP contribution in [0.25, 0.3) is 0 Å². The monoisotopic (exact) mass is 237 g/mol. The van der Waals surface area contributed by atoms with E-state index >= 15 is 0 Å². The Bertz CT molecular complexity index is 394. The molecule has 3 atom stereocenters. The first-order valence-corrected chi connectivity index (χ1v) is 6.36. The summed E-state index contributed by atoms with van der Waals surface area (Å²) in [6, 6.07) is 4.90. The highest BCUT2D eigenvalue weighted by molar-refractivity contribution is 5.29. The maximum absolute atomic E-state index is 13.6. The first kappa shape index (κ1) is 12.4. The maximum Gasteiger partial charge on any atom is 0.131 e. The van der Waals surface area contributed by atoms with Crippen LogP contribution in [0.4, 0.5) is 4.39 Å². The molecule has 94 valence electrons. The number of aromatic hydroxyl groups is 1. The van der Waals surface area contributed by atoms with Crippen LogP contribution in [0.2, 0.25) is 0 Å². The van der Waals surface area contributed by atoms with Gasteiger partial charge in [0, 0.05) is 23.7 Å². The Kier molecular flexibility index (Phi) is 3.67. The molecule has 0 spiro atoms. The summed E-state index contributed by atoms with van der Waals surface area (Å²) in [6.45, 7) is 4.16. The number of nitrogens with one attached hydrogen (secondary N) is 1. The molecule has 1 aliphatic rings. The zero-order valence-corrected chi connectivity index (χ0v) is 10.4. The molecule has 1 aromatic rings. The maximum atomic E-state index is 13.6. The number of phenolic OH excluding ortho intramolecular Hbond substituents is 1. The van der Waals surface area contributed by atoms with Gasteiger partial charge in [-0.15, -0.1) is 0 Å². The number of hydrogen-bond acceptors (Lipinski definition) is 2. The van der Waals surface area contributed by atoms with Crippen LogP contribution in [0.3, 0.4) is 0 Å². The molecule has 0 radical (unpaired) electrons. The molecule has 1 fully saturated rings. The van der Waals surface area contributed by atoms with Gasteiger partial charge in [-0.3, -0.25) is 0 Å². The molecule has 1 saturated carbocycles. The third kappa shape index (κ3) is 2.97. The minimum Gasteiger partial charge on any atom is -0.508 e. The summed E-state index contributed by atoms with van der Waals surface area (Å²) < 4.78 is 13.6. The van der Waals surface area contributed by atoms with Crippen LogP contribution in [0.1, 0.15) is 44.7 Å². The minimum atomic E-state index is -0.335. The van der Waals surface area contributed by atoms with Crippen molar-refractivity contribution >= 4 is 0 Å². The second-order valence-corrected chi connectivity index (χ2v) is 4.99. The van der Waals surface area contributed by atoms with Crippen molar-refractivity contribution < 1.29 is 9.50 Å². The molecule has 3 unspecified atom stereocenters. The summed E-state index contributed by atoms with van der Waals surface area (Å²) in [5.74, 6) is 0.411. The van der Waals surface area contributed by atoms with Crippen molar-refractivity contribution in [3.8, 4) is 5.75 Å². The van der Waals surface area contributed by atoms with E-state index in [9.17, 15) is 4.39 Å². The summed E-state index contributed by atoms with van der Waals surface area (Å²) >= 11 is 0. The Hall–Kier alpha value is -1.09. The highest BCUT2D eigenvalue weighted by Gasteiger charge is 2.36. The average Bonchev–Trinajstić information content (AvgIpc) is 2.96. The molecule has 2 rings (SSSR count). The molecule has 3 heteroatoms. The Morgan fingerprint density at radius 1 is 1.53 bits per heavy atom. The molecule has 1 aliphatic carbocycles. The lowest BCUT2D eigenvalue weighted by molar-refractivity contribution is 0.461. The van der Waals surface area contributed by atoms with Gasteiger partial charge in [-0.2, -0.15) is 0 Å². The Labute approximate surface area is 102 Å². The molecular formula is C14H20FNO. The molecular weight excluding hydrogens is 217 g/mol. The van der Waals surface area contributed by atoms with Crippen LogP contribution in [0.15, 0.2) is 18.2 Å². The van der Waals surface area contributed by atoms with E-state index in [0.717, 1.165) is 5.92 Å². The molecule has 0 saturated heterocycles. The third-order valence-electron chi connectivity index (χ3n) is 3.50. The van der Waals surface area contributed by atoms with Crippen molar-refractivity contribution in [2.75, 3.05) is 0 Å². The zero-order chi connectivity index (χ0) is 12.4. The van der Waals surface area contributed by atoms with Crippen LogP contribution in [-0.4, -0.2) is 11.1 Å². The number of phenols is 1. The number of halogens is 1. The Balaban J connectivity index is 1.94. The van der Waals surface area contributed by atoms with Gasteiger partial charge in [-0.1, -0.05) is 19.4 Å². The fourth-order valence-corrected chi connectivity index (χ4v) is 2.42. The van der Waals surface area contributed by atoms with Gasteiger partial charge in [0.05, 0.1) is 0 Å². The van der Waals surface area contributed by atoms with Crippen molar-refractivity contribution in [3.63, 3.8) is 0 Å². The molecule has 0 amide bonds. The average molecular weight is 237 g/mol. The van der Waals surface area contributed by atoms with Crippen LogP contribution in [0.5, 0.6) is 5.75 Å². The fourth-order valence-electron chi connectivity index (χ4n) is 2.42. The molecule has 0 heterocycles. The van der Waals surface area contributed by atoms with E-state index in [1.807, 2.05) is 6.92 Å². The SMILES string of the molecule is CCCC1CC1NC(C)c1ccc(O)cc1F. The highest BCUT2D eigenvalue weighted by atomic mass is 19.1. The van der Waals surface area contributed by atoms with Gasteiger partial charge >= 0.3 is 0 Å². The normalized spacial score (nSPS) is 24.6. The van der Waals surface area contributed by atoms with Crippen molar-refractivity contribution in [1.29, 1.82) is 0 Å². The molecule has 2 nitrogen and oxygen atoms in total. The predicted molar refractivity (Wildman–Crippen MR) is 66.4 cm³/mol. The quantitative estimate of drug-likeness (QED) is 0.823. The van der Waals surface area contributed by atoms with Gasteiger partial charge in [0.15, 0.2) is 0 Å². The van der Waals surface area contributed by atoms with Crippen molar-refractivity contribution in [3.05, 3.63) is 29.6 Å². The summed E-state index contributed by atoms with van der Waals surface area (Å²) in [4.78, 5) is 0. The summed E-state index contributed by atoms with van der Waals surface area (Å²) in [7, 11) is 0. The lowest BCUT2D eigenvalue weighted by Crippen LogP contribution is -2.23. The lowest BCUT2D eigenvalue weighted by atomic mass is 10.1. The Morgan fingerprint density at radius 2 is 2.29 bits per heavy atom. The van der Waals surface area contributed by atoms with Crippen LogP contribution in [0, 0.1) is 11.7 Å². The van der Waals surface area contributed by atoms with Crippen molar-refractivity contribution in [2.24, 2.45) is 5.92 Å². The Morgan fingerprint density at radius 3 is 2.94 bits per heavy atom. The molecule has 17 heavy (non-hydrogen) atoms. The van der Waals surface area contributed by atoms with Gasteiger partial charge < -0.3 is 10.4 Å². The number of benzene rings is 1. The van der Waals surface area contributed by atoms with Crippen molar-refractivity contribution in [2.45, 2.75) is 45.2 Å². The van der Waals surface area contributed by atoms with Crippen LogP contribution >= 0.6 is 0 Å². The van der Waals surface area contributed by atoms with E-state index in [2.05, 4.69) is 12.2 Å². The van der Waals surface area contributed by atoms with Gasteiger partial charge in [-0.05, 0) is 31.7 Å². The van der Waals surface area contributed by atoms with Crippen molar-refractivity contribution in [1.82, 2.24) is 5.32 Å². The van der Waals surface area contributed by atoms with E-state index in [1.54, 1.807) is 6.07 Å². The number of hydrogen-bond donors (Lipinski definition) is 2. The standard InChI is InChI=1S/C14H20FNO/c1-3-4-10-7-14(10)16-9(2)12-6-5-11(17)8-13(12)15/h5-6,8-10,14,16-17H,3-4,7H2,1-2H3. The molecule has 2 N–H and O–H groups in total. The van der Waals surface area contributed by atoms with E-state index in [1.165, 1.54) is 31.4 Å². The smallest absolute Gasteiger partial charge is 0.131 e. The fraction of sp³-hybridized carbons (Fsp3) is 0.571. The zero-order valence-electron chi connectivity index (χ0n) is 10.4. The van der Waals surface area contributed by atoms with E-state index in [4.69, 9.17) is 5.11 Å².